The van der Waals surface area contributed by atoms with Crippen LogP contribution in [0.2, 0.25) is 0 Å². The van der Waals surface area contributed by atoms with Crippen LogP contribution in [-0.2, 0) is 30.6 Å². The highest BCUT2D eigenvalue weighted by atomic mass is 19.4. The minimum absolute atomic E-state index is 0.0691. The summed E-state index contributed by atoms with van der Waals surface area (Å²) >= 11 is 0. The maximum Gasteiger partial charge on any atom is 0.416 e. The smallest absolute Gasteiger partial charge is 0.416 e. The number of aliphatic carboxylic acids is 1. The van der Waals surface area contributed by atoms with Crippen molar-refractivity contribution >= 4 is 5.97 Å². The van der Waals surface area contributed by atoms with Gasteiger partial charge in [0.1, 0.15) is 23.4 Å². The second kappa shape index (κ2) is 6.03. The van der Waals surface area contributed by atoms with Crippen molar-refractivity contribution in [2.24, 2.45) is 0 Å². The molecular formula is C15H15F3N4O3. The van der Waals surface area contributed by atoms with Crippen LogP contribution in [0.25, 0.3) is 0 Å². The maximum absolute atomic E-state index is 12.9. The van der Waals surface area contributed by atoms with Crippen LogP contribution in [0.15, 0.2) is 18.2 Å². The number of rotatable bonds is 3. The van der Waals surface area contributed by atoms with Gasteiger partial charge in [-0.2, -0.15) is 13.2 Å². The molecule has 7 nitrogen and oxygen atoms in total. The minimum atomic E-state index is -4.60. The molecule has 1 aliphatic heterocycles. The first-order valence-electron chi connectivity index (χ1n) is 7.41. The van der Waals surface area contributed by atoms with Crippen molar-refractivity contribution in [2.45, 2.75) is 38.8 Å². The molecule has 0 saturated heterocycles. The molecule has 0 fully saturated rings. The SMILES string of the molecule is Cc1nnc2n1CC(C(=O)O)N(Cc1cc(O)cc(C(F)(F)F)c1)C2. The van der Waals surface area contributed by atoms with E-state index in [0.29, 0.717) is 17.7 Å². The molecule has 0 saturated carbocycles. The number of halogens is 3. The first-order chi connectivity index (χ1) is 11.6. The number of aromatic nitrogens is 3. The van der Waals surface area contributed by atoms with Crippen molar-refractivity contribution in [2.75, 3.05) is 0 Å². The van der Waals surface area contributed by atoms with Crippen LogP contribution >= 0.6 is 0 Å². The standard InChI is InChI=1S/C15H15F3N4O3/c1-8-19-20-13-7-21(12(14(24)25)6-22(8)13)5-9-2-10(15(16,17)18)4-11(23)3-9/h2-4,12,23H,5-7H2,1H3,(H,24,25). The lowest BCUT2D eigenvalue weighted by molar-refractivity contribution is -0.145. The topological polar surface area (TPSA) is 91.5 Å². The van der Waals surface area contributed by atoms with Crippen LogP contribution in [0, 0.1) is 6.92 Å². The van der Waals surface area contributed by atoms with Gasteiger partial charge in [-0.15, -0.1) is 10.2 Å². The average Bonchev–Trinajstić information content (AvgIpc) is 2.85. The second-order valence-electron chi connectivity index (χ2n) is 5.92. The highest BCUT2D eigenvalue weighted by molar-refractivity contribution is 5.73. The fourth-order valence-corrected chi connectivity index (χ4v) is 2.92. The molecule has 25 heavy (non-hydrogen) atoms. The van der Waals surface area contributed by atoms with Gasteiger partial charge in [0.05, 0.1) is 18.7 Å². The monoisotopic (exact) mass is 356 g/mol. The van der Waals surface area contributed by atoms with E-state index < -0.39 is 29.5 Å². The highest BCUT2D eigenvalue weighted by Gasteiger charge is 2.35. The number of aryl methyl sites for hydroxylation is 1. The summed E-state index contributed by atoms with van der Waals surface area (Å²) in [6.45, 7) is 1.87. The van der Waals surface area contributed by atoms with Gasteiger partial charge in [-0.05, 0) is 30.7 Å². The fourth-order valence-electron chi connectivity index (χ4n) is 2.92. The van der Waals surface area contributed by atoms with Gasteiger partial charge in [-0.25, -0.2) is 0 Å². The number of phenolic OH excluding ortho intramolecular Hbond substituents is 1. The van der Waals surface area contributed by atoms with Crippen LogP contribution in [0.3, 0.4) is 0 Å². The Bertz CT molecular complexity index is 819. The summed E-state index contributed by atoms with van der Waals surface area (Å²) in [6, 6.07) is 1.80. The molecule has 3 rings (SSSR count). The summed E-state index contributed by atoms with van der Waals surface area (Å²) in [7, 11) is 0. The van der Waals surface area contributed by atoms with Crippen LogP contribution in [0.1, 0.15) is 22.8 Å². The zero-order chi connectivity index (χ0) is 18.4. The number of phenols is 1. The summed E-state index contributed by atoms with van der Waals surface area (Å²) < 4.78 is 40.4. The number of nitrogens with zero attached hydrogens (tertiary/aromatic N) is 4. The molecule has 2 heterocycles. The van der Waals surface area contributed by atoms with Crippen molar-refractivity contribution in [3.63, 3.8) is 0 Å². The molecule has 10 heteroatoms. The Labute approximate surface area is 140 Å². The fraction of sp³-hybridized carbons (Fsp3) is 0.400. The second-order valence-corrected chi connectivity index (χ2v) is 5.92. The van der Waals surface area contributed by atoms with E-state index in [-0.39, 0.29) is 25.2 Å². The summed E-state index contributed by atoms with van der Waals surface area (Å²) in [4.78, 5) is 13.1. The number of hydrogen-bond acceptors (Lipinski definition) is 5. The molecule has 1 atom stereocenters. The lowest BCUT2D eigenvalue weighted by atomic mass is 10.1. The summed E-state index contributed by atoms with van der Waals surface area (Å²) in [5, 5.41) is 26.9. The summed E-state index contributed by atoms with van der Waals surface area (Å²) in [5.41, 5.74) is -0.811. The van der Waals surface area contributed by atoms with E-state index in [2.05, 4.69) is 10.2 Å². The number of fused-ring (bicyclic) bond motifs is 1. The van der Waals surface area contributed by atoms with E-state index in [4.69, 9.17) is 0 Å². The van der Waals surface area contributed by atoms with E-state index >= 15 is 0 Å². The number of aromatic hydroxyl groups is 1. The molecule has 2 aromatic rings. The molecule has 2 N–H and O–H groups in total. The molecule has 1 aromatic heterocycles. The molecule has 0 bridgehead atoms. The van der Waals surface area contributed by atoms with Gasteiger partial charge in [-0.3, -0.25) is 9.69 Å². The van der Waals surface area contributed by atoms with Crippen molar-refractivity contribution in [1.82, 2.24) is 19.7 Å². The Hall–Kier alpha value is -2.62. The molecule has 0 aliphatic carbocycles. The third-order valence-corrected chi connectivity index (χ3v) is 4.13. The van der Waals surface area contributed by atoms with Crippen LogP contribution in [0.4, 0.5) is 13.2 Å². The van der Waals surface area contributed by atoms with E-state index in [9.17, 15) is 28.2 Å². The first-order valence-corrected chi connectivity index (χ1v) is 7.41. The molecule has 1 aromatic carbocycles. The number of carboxylic acids is 1. The van der Waals surface area contributed by atoms with Crippen molar-refractivity contribution in [1.29, 1.82) is 0 Å². The van der Waals surface area contributed by atoms with E-state index in [1.54, 1.807) is 11.5 Å². The predicted molar refractivity (Wildman–Crippen MR) is 78.5 cm³/mol. The normalized spacial score (nSPS) is 18.2. The molecule has 1 aliphatic rings. The third kappa shape index (κ3) is 3.43. The Kier molecular flexibility index (Phi) is 4.15. The van der Waals surface area contributed by atoms with E-state index in [1.807, 2.05) is 0 Å². The molecule has 1 unspecified atom stereocenters. The lowest BCUT2D eigenvalue weighted by Crippen LogP contribution is -2.47. The lowest BCUT2D eigenvalue weighted by Gasteiger charge is -2.33. The summed E-state index contributed by atoms with van der Waals surface area (Å²) in [6.07, 6.45) is -4.60. The average molecular weight is 356 g/mol. The Morgan fingerprint density at radius 3 is 2.68 bits per heavy atom. The number of carbonyl (C=O) groups is 1. The maximum atomic E-state index is 12.9. The van der Waals surface area contributed by atoms with E-state index in [0.717, 1.165) is 6.07 Å². The molecule has 0 spiro atoms. The minimum Gasteiger partial charge on any atom is -0.508 e. The largest absolute Gasteiger partial charge is 0.508 e. The van der Waals surface area contributed by atoms with E-state index in [1.165, 1.54) is 11.0 Å². The number of hydrogen-bond donors (Lipinski definition) is 2. The molecule has 134 valence electrons. The van der Waals surface area contributed by atoms with Gasteiger partial charge in [0, 0.05) is 6.54 Å². The van der Waals surface area contributed by atoms with Gasteiger partial charge >= 0.3 is 12.1 Å². The van der Waals surface area contributed by atoms with Crippen LogP contribution in [-0.4, -0.2) is 41.9 Å². The molecule has 0 amide bonds. The molecular weight excluding hydrogens is 341 g/mol. The Morgan fingerprint density at radius 1 is 1.32 bits per heavy atom. The van der Waals surface area contributed by atoms with Gasteiger partial charge in [-0.1, -0.05) is 0 Å². The highest BCUT2D eigenvalue weighted by Crippen LogP contribution is 2.33. The summed E-state index contributed by atoms with van der Waals surface area (Å²) in [5.74, 6) is -0.480. The Balaban J connectivity index is 1.91. The zero-order valence-corrected chi connectivity index (χ0v) is 13.2. The van der Waals surface area contributed by atoms with Gasteiger partial charge in [0.25, 0.3) is 0 Å². The third-order valence-electron chi connectivity index (χ3n) is 4.13. The molecule has 0 radical (unpaired) electrons. The van der Waals surface area contributed by atoms with Crippen LogP contribution < -0.4 is 0 Å². The van der Waals surface area contributed by atoms with Crippen molar-refractivity contribution in [3.05, 3.63) is 41.0 Å². The van der Waals surface area contributed by atoms with Crippen molar-refractivity contribution in [3.8, 4) is 5.75 Å². The number of alkyl halides is 3. The predicted octanol–water partition coefficient (Wildman–Crippen LogP) is 1.78. The number of benzene rings is 1. The zero-order valence-electron chi connectivity index (χ0n) is 13.2. The van der Waals surface area contributed by atoms with Gasteiger partial charge in [0.15, 0.2) is 0 Å². The quantitative estimate of drug-likeness (QED) is 0.871. The van der Waals surface area contributed by atoms with Crippen molar-refractivity contribution < 1.29 is 28.2 Å². The van der Waals surface area contributed by atoms with Gasteiger partial charge in [0.2, 0.25) is 0 Å². The number of carboxylic acid groups (broad SMARTS) is 1. The Morgan fingerprint density at radius 2 is 2.04 bits per heavy atom. The first kappa shape index (κ1) is 17.2. The van der Waals surface area contributed by atoms with Gasteiger partial charge < -0.3 is 14.8 Å². The van der Waals surface area contributed by atoms with Crippen LogP contribution in [0.5, 0.6) is 5.75 Å².